The first-order valence-electron chi connectivity index (χ1n) is 7.37. The molecule has 3 aromatic rings. The molecule has 0 aliphatic heterocycles. The first-order chi connectivity index (χ1) is 11.0. The van der Waals surface area contributed by atoms with E-state index in [9.17, 15) is 9.59 Å². The third-order valence-corrected chi connectivity index (χ3v) is 3.98. The monoisotopic (exact) mass is 310 g/mol. The molecule has 23 heavy (non-hydrogen) atoms. The van der Waals surface area contributed by atoms with E-state index in [1.54, 1.807) is 19.2 Å². The molecule has 0 saturated heterocycles. The lowest BCUT2D eigenvalue weighted by atomic mass is 10.1. The number of carbonyl (C=O) groups excluding carboxylic acids is 1. The fourth-order valence-electron chi connectivity index (χ4n) is 2.49. The van der Waals surface area contributed by atoms with Crippen LogP contribution < -0.4 is 10.9 Å². The van der Waals surface area contributed by atoms with E-state index < -0.39 is 5.91 Å². The molecule has 0 aliphatic rings. The van der Waals surface area contributed by atoms with Crippen LogP contribution in [0.4, 0.5) is 0 Å². The topological polar surface area (TPSA) is 79.3 Å². The molecule has 0 radical (unpaired) electrons. The molecule has 0 fully saturated rings. The number of aryl methyl sites for hydroxylation is 3. The van der Waals surface area contributed by atoms with Crippen molar-refractivity contribution in [2.45, 2.75) is 27.3 Å². The van der Waals surface area contributed by atoms with Crippen LogP contribution in [0.15, 0.2) is 35.4 Å². The van der Waals surface area contributed by atoms with Gasteiger partial charge in [0.05, 0.1) is 18.4 Å². The minimum atomic E-state index is -0.392. The molecule has 0 saturated carbocycles. The van der Waals surface area contributed by atoms with Crippen LogP contribution in [0, 0.1) is 20.8 Å². The molecule has 3 rings (SSSR count). The first-order valence-corrected chi connectivity index (χ1v) is 7.37. The number of H-pyrrole nitrogens is 1. The molecule has 0 bridgehead atoms. The molecule has 0 unspecified atom stereocenters. The molecule has 0 spiro atoms. The number of carbonyl (C=O) groups is 1. The summed E-state index contributed by atoms with van der Waals surface area (Å²) in [6, 6.07) is 5.53. The van der Waals surface area contributed by atoms with Gasteiger partial charge in [-0.2, -0.15) is 0 Å². The quantitative estimate of drug-likeness (QED) is 0.775. The lowest BCUT2D eigenvalue weighted by molar-refractivity contribution is 0.0948. The molecule has 3 heterocycles. The summed E-state index contributed by atoms with van der Waals surface area (Å²) >= 11 is 0. The van der Waals surface area contributed by atoms with Crippen LogP contribution in [0.1, 0.15) is 32.9 Å². The highest BCUT2D eigenvalue weighted by atomic mass is 16.2. The molecule has 0 aromatic carbocycles. The number of nitrogens with one attached hydrogen (secondary N) is 2. The molecule has 3 aromatic heterocycles. The molecule has 6 nitrogen and oxygen atoms in total. The van der Waals surface area contributed by atoms with Crippen LogP contribution >= 0.6 is 0 Å². The average molecular weight is 310 g/mol. The third-order valence-electron chi connectivity index (χ3n) is 3.98. The van der Waals surface area contributed by atoms with Gasteiger partial charge in [-0.3, -0.25) is 9.59 Å². The number of hydrogen-bond donors (Lipinski definition) is 2. The Hall–Kier alpha value is -2.89. The Morgan fingerprint density at radius 2 is 2.09 bits per heavy atom. The highest BCUT2D eigenvalue weighted by Crippen LogP contribution is 2.11. The van der Waals surface area contributed by atoms with Crippen LogP contribution in [-0.4, -0.2) is 20.3 Å². The van der Waals surface area contributed by atoms with Gasteiger partial charge in [-0.1, -0.05) is 6.07 Å². The molecule has 1 amide bonds. The summed E-state index contributed by atoms with van der Waals surface area (Å²) in [7, 11) is 0. The van der Waals surface area contributed by atoms with Gasteiger partial charge >= 0.3 is 0 Å². The molecule has 6 heteroatoms. The summed E-state index contributed by atoms with van der Waals surface area (Å²) in [5.74, 6) is -0.392. The van der Waals surface area contributed by atoms with Gasteiger partial charge in [0, 0.05) is 11.9 Å². The second kappa shape index (κ2) is 5.72. The lowest BCUT2D eigenvalue weighted by Gasteiger charge is -2.07. The van der Waals surface area contributed by atoms with Gasteiger partial charge in [-0.05, 0) is 44.0 Å². The SMILES string of the molecule is Cc1cc(C(=O)NCc2cnc3c(C)cccn23)c(=O)[nH]c1C. The largest absolute Gasteiger partial charge is 0.346 e. The summed E-state index contributed by atoms with van der Waals surface area (Å²) in [6.45, 7) is 5.95. The number of amides is 1. The van der Waals surface area contributed by atoms with Gasteiger partial charge < -0.3 is 14.7 Å². The number of pyridine rings is 2. The van der Waals surface area contributed by atoms with Crippen LogP contribution in [-0.2, 0) is 6.54 Å². The summed E-state index contributed by atoms with van der Waals surface area (Å²) in [4.78, 5) is 31.2. The predicted molar refractivity (Wildman–Crippen MR) is 87.6 cm³/mol. The number of imidazole rings is 1. The Morgan fingerprint density at radius 3 is 2.87 bits per heavy atom. The summed E-state index contributed by atoms with van der Waals surface area (Å²) in [6.07, 6.45) is 3.63. The zero-order chi connectivity index (χ0) is 16.6. The fraction of sp³-hybridized carbons (Fsp3) is 0.235. The van der Waals surface area contributed by atoms with Crippen molar-refractivity contribution >= 4 is 11.6 Å². The average Bonchev–Trinajstić information content (AvgIpc) is 2.93. The van der Waals surface area contributed by atoms with Crippen LogP contribution in [0.3, 0.4) is 0 Å². The summed E-state index contributed by atoms with van der Waals surface area (Å²) < 4.78 is 1.93. The highest BCUT2D eigenvalue weighted by molar-refractivity contribution is 5.93. The van der Waals surface area contributed by atoms with E-state index in [0.717, 1.165) is 28.2 Å². The Morgan fingerprint density at radius 1 is 1.30 bits per heavy atom. The van der Waals surface area contributed by atoms with Crippen molar-refractivity contribution in [1.82, 2.24) is 19.7 Å². The standard InChI is InChI=1S/C17H18N4O2/c1-10-5-4-6-21-13(8-18-15(10)21)9-19-16(22)14-7-11(2)12(3)20-17(14)23/h4-8H,9H2,1-3H3,(H,19,22)(H,20,23). The van der Waals surface area contributed by atoms with Crippen LogP contribution in [0.25, 0.3) is 5.65 Å². The van der Waals surface area contributed by atoms with E-state index >= 15 is 0 Å². The zero-order valence-electron chi connectivity index (χ0n) is 13.3. The van der Waals surface area contributed by atoms with Crippen LogP contribution in [0.5, 0.6) is 0 Å². The summed E-state index contributed by atoms with van der Waals surface area (Å²) in [5.41, 5.74) is 4.18. The van der Waals surface area contributed by atoms with E-state index in [2.05, 4.69) is 15.3 Å². The number of nitrogens with zero attached hydrogens (tertiary/aromatic N) is 2. The van der Waals surface area contributed by atoms with Gasteiger partial charge in [0.25, 0.3) is 11.5 Å². The Kier molecular flexibility index (Phi) is 3.73. The van der Waals surface area contributed by atoms with Crippen molar-refractivity contribution in [3.05, 3.63) is 69.0 Å². The van der Waals surface area contributed by atoms with Gasteiger partial charge in [0.1, 0.15) is 11.2 Å². The number of hydrogen-bond acceptors (Lipinski definition) is 3. The van der Waals surface area contributed by atoms with E-state index in [0.29, 0.717) is 6.54 Å². The van der Waals surface area contributed by atoms with E-state index in [1.807, 2.05) is 36.6 Å². The second-order valence-corrected chi connectivity index (χ2v) is 5.64. The lowest BCUT2D eigenvalue weighted by Crippen LogP contribution is -2.30. The number of aromatic amines is 1. The van der Waals surface area contributed by atoms with E-state index in [4.69, 9.17) is 0 Å². The van der Waals surface area contributed by atoms with Gasteiger partial charge in [-0.15, -0.1) is 0 Å². The van der Waals surface area contributed by atoms with Crippen LogP contribution in [0.2, 0.25) is 0 Å². The Bertz CT molecular complexity index is 953. The van der Waals surface area contributed by atoms with Gasteiger partial charge in [0.2, 0.25) is 0 Å². The van der Waals surface area contributed by atoms with Crippen molar-refractivity contribution in [2.24, 2.45) is 0 Å². The first kappa shape index (κ1) is 15.0. The summed E-state index contributed by atoms with van der Waals surface area (Å²) in [5, 5.41) is 2.78. The fourth-order valence-corrected chi connectivity index (χ4v) is 2.49. The molecule has 0 aliphatic carbocycles. The number of fused-ring (bicyclic) bond motifs is 1. The minimum absolute atomic E-state index is 0.123. The normalized spacial score (nSPS) is 10.9. The molecule has 118 valence electrons. The molecular weight excluding hydrogens is 292 g/mol. The maximum absolute atomic E-state index is 12.3. The Balaban J connectivity index is 1.83. The highest BCUT2D eigenvalue weighted by Gasteiger charge is 2.13. The zero-order valence-corrected chi connectivity index (χ0v) is 13.3. The number of aromatic nitrogens is 3. The van der Waals surface area contributed by atoms with Crippen molar-refractivity contribution in [3.63, 3.8) is 0 Å². The maximum Gasteiger partial charge on any atom is 0.261 e. The van der Waals surface area contributed by atoms with E-state index in [1.165, 1.54) is 0 Å². The number of rotatable bonds is 3. The second-order valence-electron chi connectivity index (χ2n) is 5.64. The minimum Gasteiger partial charge on any atom is -0.346 e. The van der Waals surface area contributed by atoms with Crippen molar-refractivity contribution in [3.8, 4) is 0 Å². The molecule has 0 atom stereocenters. The predicted octanol–water partition coefficient (Wildman–Crippen LogP) is 1.88. The third kappa shape index (κ3) is 2.75. The van der Waals surface area contributed by atoms with E-state index in [-0.39, 0.29) is 11.1 Å². The van der Waals surface area contributed by atoms with Crippen molar-refractivity contribution in [2.75, 3.05) is 0 Å². The maximum atomic E-state index is 12.3. The smallest absolute Gasteiger partial charge is 0.261 e. The van der Waals surface area contributed by atoms with Crippen molar-refractivity contribution < 1.29 is 4.79 Å². The van der Waals surface area contributed by atoms with Crippen molar-refractivity contribution in [1.29, 1.82) is 0 Å². The van der Waals surface area contributed by atoms with Gasteiger partial charge in [-0.25, -0.2) is 4.98 Å². The molecule has 2 N–H and O–H groups in total. The van der Waals surface area contributed by atoms with Gasteiger partial charge in [0.15, 0.2) is 0 Å². The Labute approximate surface area is 133 Å². The molecular formula is C17H18N4O2.